The van der Waals surface area contributed by atoms with Crippen molar-refractivity contribution in [3.05, 3.63) is 66.2 Å². The maximum absolute atomic E-state index is 2.62. The van der Waals surface area contributed by atoms with Gasteiger partial charge in [0, 0.05) is 6.54 Å². The summed E-state index contributed by atoms with van der Waals surface area (Å²) in [5.74, 6) is 1.68. The minimum absolute atomic E-state index is 0. The molecule has 0 saturated carbocycles. The van der Waals surface area contributed by atoms with Crippen molar-refractivity contribution in [1.29, 1.82) is 0 Å². The van der Waals surface area contributed by atoms with Crippen molar-refractivity contribution >= 4 is 18.5 Å². The summed E-state index contributed by atoms with van der Waals surface area (Å²) in [6, 6.07) is 19.5. The van der Waals surface area contributed by atoms with Crippen LogP contribution in [-0.2, 0) is 0 Å². The van der Waals surface area contributed by atoms with E-state index < -0.39 is 0 Å². The summed E-state index contributed by atoms with van der Waals surface area (Å²) in [6.07, 6.45) is 7.55. The Morgan fingerprint density at radius 3 is 2.09 bits per heavy atom. The molecule has 0 N–H and O–H groups in total. The first kappa shape index (κ1) is 16.3. The van der Waals surface area contributed by atoms with E-state index in [1.165, 1.54) is 49.2 Å². The monoisotopic (exact) mass is 325 g/mol. The Bertz CT molecular complexity index is 639. The zero-order valence-electron chi connectivity index (χ0n) is 13.4. The molecule has 0 aromatic heterocycles. The normalized spacial score (nSPS) is 26.2. The molecule has 2 aromatic rings. The Morgan fingerprint density at radius 2 is 1.48 bits per heavy atom. The number of benzene rings is 2. The minimum Gasteiger partial charge on any atom is -0.303 e. The van der Waals surface area contributed by atoms with E-state index in [0.29, 0.717) is 0 Å². The molecule has 0 radical (unpaired) electrons. The molecule has 0 amide bonds. The summed E-state index contributed by atoms with van der Waals surface area (Å²) in [6.45, 7) is 3.91. The summed E-state index contributed by atoms with van der Waals surface area (Å²) >= 11 is 0. The van der Waals surface area contributed by atoms with E-state index in [-0.39, 0.29) is 12.4 Å². The van der Waals surface area contributed by atoms with Crippen LogP contribution >= 0.6 is 12.4 Å². The Labute approximate surface area is 145 Å². The number of piperidine rings is 3. The third-order valence-corrected chi connectivity index (χ3v) is 5.26. The lowest BCUT2D eigenvalue weighted by Crippen LogP contribution is -2.46. The van der Waals surface area contributed by atoms with Crippen molar-refractivity contribution in [1.82, 2.24) is 4.90 Å². The van der Waals surface area contributed by atoms with Crippen molar-refractivity contribution in [2.24, 2.45) is 11.8 Å². The largest absolute Gasteiger partial charge is 0.303 e. The quantitative estimate of drug-likeness (QED) is 0.756. The molecule has 2 aromatic carbocycles. The molecule has 0 aliphatic carbocycles. The topological polar surface area (TPSA) is 3.24 Å². The molecule has 1 unspecified atom stereocenters. The smallest absolute Gasteiger partial charge is 0.00471 e. The van der Waals surface area contributed by atoms with E-state index in [1.807, 2.05) is 0 Å². The second kappa shape index (κ2) is 7.33. The van der Waals surface area contributed by atoms with Gasteiger partial charge in [-0.3, -0.25) is 0 Å². The first-order chi connectivity index (χ1) is 10.9. The Hall–Kier alpha value is -1.57. The van der Waals surface area contributed by atoms with Crippen LogP contribution in [0.15, 0.2) is 60.7 Å². The summed E-state index contributed by atoms with van der Waals surface area (Å²) < 4.78 is 0. The molecule has 120 valence electrons. The van der Waals surface area contributed by atoms with Crippen LogP contribution < -0.4 is 0 Å². The van der Waals surface area contributed by atoms with Gasteiger partial charge in [0.05, 0.1) is 0 Å². The van der Waals surface area contributed by atoms with Gasteiger partial charge in [-0.05, 0) is 54.5 Å². The van der Waals surface area contributed by atoms with Crippen LogP contribution in [0.4, 0.5) is 0 Å². The second-order valence-corrected chi connectivity index (χ2v) is 6.65. The molecule has 1 nitrogen and oxygen atoms in total. The van der Waals surface area contributed by atoms with Crippen molar-refractivity contribution < 1.29 is 0 Å². The summed E-state index contributed by atoms with van der Waals surface area (Å²) in [5.41, 5.74) is 3.90. The Balaban J connectivity index is 0.00000156. The average Bonchev–Trinajstić information content (AvgIpc) is 2.62. The van der Waals surface area contributed by atoms with E-state index in [1.54, 1.807) is 0 Å². The number of hydrogen-bond donors (Lipinski definition) is 0. The van der Waals surface area contributed by atoms with E-state index in [0.717, 1.165) is 11.8 Å². The van der Waals surface area contributed by atoms with Crippen LogP contribution in [0.1, 0.15) is 18.4 Å². The molecule has 3 fully saturated rings. The minimum atomic E-state index is 0. The predicted octanol–water partition coefficient (Wildman–Crippen LogP) is 5.13. The highest BCUT2D eigenvalue weighted by Gasteiger charge is 2.32. The third kappa shape index (κ3) is 3.68. The van der Waals surface area contributed by atoms with E-state index in [2.05, 4.69) is 71.6 Å². The number of hydrogen-bond acceptors (Lipinski definition) is 1. The van der Waals surface area contributed by atoms with Crippen LogP contribution in [0.25, 0.3) is 17.2 Å². The van der Waals surface area contributed by atoms with Gasteiger partial charge in [-0.1, -0.05) is 66.7 Å². The van der Waals surface area contributed by atoms with Crippen LogP contribution in [0, 0.1) is 11.8 Å². The van der Waals surface area contributed by atoms with Crippen LogP contribution in [0.3, 0.4) is 0 Å². The van der Waals surface area contributed by atoms with Gasteiger partial charge in [0.2, 0.25) is 0 Å². The SMILES string of the molecule is C(=C/C1CN2CCC1CC2)/c1ccc(-c2ccccc2)cc1.Cl. The fourth-order valence-corrected chi connectivity index (χ4v) is 3.88. The van der Waals surface area contributed by atoms with E-state index >= 15 is 0 Å². The zero-order valence-corrected chi connectivity index (χ0v) is 14.2. The van der Waals surface area contributed by atoms with Gasteiger partial charge in [-0.25, -0.2) is 0 Å². The molecule has 3 aliphatic rings. The molecule has 1 atom stereocenters. The van der Waals surface area contributed by atoms with E-state index in [9.17, 15) is 0 Å². The first-order valence-electron chi connectivity index (χ1n) is 8.44. The summed E-state index contributed by atoms with van der Waals surface area (Å²) in [7, 11) is 0. The number of nitrogens with zero attached hydrogens (tertiary/aromatic N) is 1. The van der Waals surface area contributed by atoms with Gasteiger partial charge in [0.1, 0.15) is 0 Å². The molecular formula is C21H24ClN. The first-order valence-corrected chi connectivity index (χ1v) is 8.44. The van der Waals surface area contributed by atoms with Gasteiger partial charge in [-0.15, -0.1) is 12.4 Å². The Kier molecular flexibility index (Phi) is 5.20. The third-order valence-electron chi connectivity index (χ3n) is 5.26. The lowest BCUT2D eigenvalue weighted by molar-refractivity contribution is 0.0740. The summed E-state index contributed by atoms with van der Waals surface area (Å²) in [4.78, 5) is 2.62. The maximum Gasteiger partial charge on any atom is 0.00471 e. The molecule has 3 saturated heterocycles. The van der Waals surface area contributed by atoms with Crippen molar-refractivity contribution in [3.8, 4) is 11.1 Å². The van der Waals surface area contributed by atoms with Crippen LogP contribution in [0.5, 0.6) is 0 Å². The number of rotatable bonds is 3. The maximum atomic E-state index is 2.62. The van der Waals surface area contributed by atoms with Gasteiger partial charge >= 0.3 is 0 Å². The molecule has 3 aliphatic heterocycles. The number of halogens is 1. The molecule has 2 bridgehead atoms. The van der Waals surface area contributed by atoms with Gasteiger partial charge in [-0.2, -0.15) is 0 Å². The molecule has 3 heterocycles. The Morgan fingerprint density at radius 1 is 0.826 bits per heavy atom. The fourth-order valence-electron chi connectivity index (χ4n) is 3.88. The highest BCUT2D eigenvalue weighted by molar-refractivity contribution is 5.85. The highest BCUT2D eigenvalue weighted by Crippen LogP contribution is 2.33. The predicted molar refractivity (Wildman–Crippen MR) is 101 cm³/mol. The fraction of sp³-hybridized carbons (Fsp3) is 0.333. The van der Waals surface area contributed by atoms with Gasteiger partial charge in [0.25, 0.3) is 0 Å². The molecule has 0 spiro atoms. The lowest BCUT2D eigenvalue weighted by atomic mass is 9.79. The van der Waals surface area contributed by atoms with Crippen LogP contribution in [-0.4, -0.2) is 24.5 Å². The molecular weight excluding hydrogens is 302 g/mol. The van der Waals surface area contributed by atoms with E-state index in [4.69, 9.17) is 0 Å². The van der Waals surface area contributed by atoms with Gasteiger partial charge in [0.15, 0.2) is 0 Å². The van der Waals surface area contributed by atoms with Gasteiger partial charge < -0.3 is 4.90 Å². The van der Waals surface area contributed by atoms with Crippen molar-refractivity contribution in [2.75, 3.05) is 19.6 Å². The zero-order chi connectivity index (χ0) is 14.8. The lowest BCUT2D eigenvalue weighted by Gasteiger charge is -2.43. The summed E-state index contributed by atoms with van der Waals surface area (Å²) in [5, 5.41) is 0. The van der Waals surface area contributed by atoms with Crippen LogP contribution in [0.2, 0.25) is 0 Å². The molecule has 2 heteroatoms. The second-order valence-electron chi connectivity index (χ2n) is 6.65. The molecule has 23 heavy (non-hydrogen) atoms. The van der Waals surface area contributed by atoms with Crippen molar-refractivity contribution in [3.63, 3.8) is 0 Å². The highest BCUT2D eigenvalue weighted by atomic mass is 35.5. The van der Waals surface area contributed by atoms with Crippen molar-refractivity contribution in [2.45, 2.75) is 12.8 Å². The standard InChI is InChI=1S/C21H23N.ClH/c1-2-4-18(5-3-1)19-9-6-17(7-10-19)8-11-21-16-22-14-12-20(21)13-15-22;/h1-11,20-21H,12-16H2;1H/b11-8-;. The molecule has 5 rings (SSSR count). The number of fused-ring (bicyclic) bond motifs is 3. The average molecular weight is 326 g/mol.